The Morgan fingerprint density at radius 2 is 1.68 bits per heavy atom. The molecule has 1 aromatic carbocycles. The number of hydrogen-bond acceptors (Lipinski definition) is 2. The topological polar surface area (TPSA) is 12.0 Å². The van der Waals surface area contributed by atoms with E-state index in [0.717, 1.165) is 4.88 Å². The van der Waals surface area contributed by atoms with Gasteiger partial charge in [-0.05, 0) is 37.2 Å². The summed E-state index contributed by atoms with van der Waals surface area (Å²) in [6, 6.07) is 7.88. The van der Waals surface area contributed by atoms with Crippen molar-refractivity contribution < 1.29 is 8.78 Å². The summed E-state index contributed by atoms with van der Waals surface area (Å²) in [5.74, 6) is -0.611. The Kier molecular flexibility index (Phi) is 4.32. The molecule has 4 heteroatoms. The fraction of sp³-hybridized carbons (Fsp3) is 0.333. The van der Waals surface area contributed by atoms with Gasteiger partial charge in [-0.3, -0.25) is 0 Å². The van der Waals surface area contributed by atoms with Crippen LogP contribution in [-0.4, -0.2) is 7.05 Å². The molecule has 2 rings (SSSR count). The van der Waals surface area contributed by atoms with Gasteiger partial charge in [0.05, 0.1) is 5.56 Å². The largest absolute Gasteiger partial charge is 0.312 e. The van der Waals surface area contributed by atoms with Crippen molar-refractivity contribution in [1.29, 1.82) is 0 Å². The summed E-state index contributed by atoms with van der Waals surface area (Å²) in [7, 11) is 1.90. The van der Waals surface area contributed by atoms with Gasteiger partial charge in [0.2, 0.25) is 0 Å². The fourth-order valence-electron chi connectivity index (χ4n) is 2.19. The van der Waals surface area contributed by atoms with Crippen molar-refractivity contribution in [2.45, 2.75) is 19.9 Å². The van der Waals surface area contributed by atoms with E-state index in [2.05, 4.69) is 19.2 Å². The van der Waals surface area contributed by atoms with Crippen LogP contribution in [0, 0.1) is 17.6 Å². The van der Waals surface area contributed by atoms with E-state index >= 15 is 0 Å². The lowest BCUT2D eigenvalue weighted by Gasteiger charge is -2.18. The molecule has 1 unspecified atom stereocenters. The van der Waals surface area contributed by atoms with Crippen LogP contribution < -0.4 is 5.32 Å². The first-order valence-electron chi connectivity index (χ1n) is 6.26. The highest BCUT2D eigenvalue weighted by Crippen LogP contribution is 2.36. The Morgan fingerprint density at radius 3 is 2.21 bits per heavy atom. The number of hydrogen-bond donors (Lipinski definition) is 1. The van der Waals surface area contributed by atoms with E-state index in [1.807, 2.05) is 13.1 Å². The predicted molar refractivity (Wildman–Crippen MR) is 76.3 cm³/mol. The molecule has 0 aliphatic rings. The lowest BCUT2D eigenvalue weighted by atomic mass is 10.0. The van der Waals surface area contributed by atoms with Gasteiger partial charge in [-0.1, -0.05) is 19.9 Å². The monoisotopic (exact) mass is 281 g/mol. The first-order valence-corrected chi connectivity index (χ1v) is 7.07. The molecule has 0 radical (unpaired) electrons. The molecule has 0 amide bonds. The Labute approximate surface area is 116 Å². The summed E-state index contributed by atoms with van der Waals surface area (Å²) in [5, 5.41) is 3.23. The van der Waals surface area contributed by atoms with Crippen LogP contribution in [0.25, 0.3) is 10.4 Å². The van der Waals surface area contributed by atoms with Crippen molar-refractivity contribution >= 4 is 11.3 Å². The third-order valence-corrected chi connectivity index (χ3v) is 4.31. The molecule has 1 atom stereocenters. The summed E-state index contributed by atoms with van der Waals surface area (Å²) in [4.78, 5) is 1.72. The second-order valence-corrected chi connectivity index (χ2v) is 5.92. The van der Waals surface area contributed by atoms with Crippen LogP contribution in [0.3, 0.4) is 0 Å². The zero-order valence-corrected chi connectivity index (χ0v) is 12.0. The molecule has 0 spiro atoms. The highest BCUT2D eigenvalue weighted by atomic mass is 32.1. The van der Waals surface area contributed by atoms with E-state index in [9.17, 15) is 8.78 Å². The molecule has 1 nitrogen and oxygen atoms in total. The van der Waals surface area contributed by atoms with Crippen molar-refractivity contribution in [3.63, 3.8) is 0 Å². The van der Waals surface area contributed by atoms with Crippen molar-refractivity contribution in [1.82, 2.24) is 5.32 Å². The van der Waals surface area contributed by atoms with E-state index in [0.29, 0.717) is 10.8 Å². The number of nitrogens with one attached hydrogen (secondary N) is 1. The smallest absolute Gasteiger partial charge is 0.134 e. The zero-order valence-electron chi connectivity index (χ0n) is 11.2. The van der Waals surface area contributed by atoms with Gasteiger partial charge in [-0.25, -0.2) is 8.78 Å². The minimum atomic E-state index is -0.515. The second-order valence-electron chi connectivity index (χ2n) is 4.81. The molecule has 2 aromatic rings. The summed E-state index contributed by atoms with van der Waals surface area (Å²) in [6.07, 6.45) is 0. The predicted octanol–water partition coefficient (Wildman–Crippen LogP) is 4.61. The van der Waals surface area contributed by atoms with Crippen LogP contribution >= 0.6 is 11.3 Å². The average Bonchev–Trinajstić information content (AvgIpc) is 2.78. The Bertz CT molecular complexity index is 543. The molecule has 0 aliphatic heterocycles. The van der Waals surface area contributed by atoms with Crippen LogP contribution in [0.15, 0.2) is 30.3 Å². The highest BCUT2D eigenvalue weighted by molar-refractivity contribution is 7.15. The second kappa shape index (κ2) is 5.80. The molecule has 1 N–H and O–H groups in total. The van der Waals surface area contributed by atoms with Gasteiger partial charge in [-0.2, -0.15) is 0 Å². The van der Waals surface area contributed by atoms with Gasteiger partial charge in [0.15, 0.2) is 0 Å². The summed E-state index contributed by atoms with van der Waals surface area (Å²) < 4.78 is 27.5. The molecular formula is C15H17F2NS. The standard InChI is InChI=1S/C15H17F2NS/c1-9(2)15(18-3)13-8-7-12(19-13)14-10(16)5-4-6-11(14)17/h4-9,15,18H,1-3H3. The summed E-state index contributed by atoms with van der Waals surface area (Å²) in [5.41, 5.74) is 0.0670. The van der Waals surface area contributed by atoms with E-state index < -0.39 is 11.6 Å². The summed E-state index contributed by atoms with van der Waals surface area (Å²) in [6.45, 7) is 4.23. The molecule has 1 aromatic heterocycles. The van der Waals surface area contributed by atoms with Gasteiger partial charge in [-0.15, -0.1) is 11.3 Å². The third kappa shape index (κ3) is 2.85. The summed E-state index contributed by atoms with van der Waals surface area (Å²) >= 11 is 1.43. The van der Waals surface area contributed by atoms with Crippen LogP contribution in [-0.2, 0) is 0 Å². The molecular weight excluding hydrogens is 264 g/mol. The first-order chi connectivity index (χ1) is 9.04. The maximum atomic E-state index is 13.7. The highest BCUT2D eigenvalue weighted by Gasteiger charge is 2.18. The Hall–Kier alpha value is -1.26. The minimum absolute atomic E-state index is 0.0670. The molecule has 0 aliphatic carbocycles. The Morgan fingerprint density at radius 1 is 1.05 bits per heavy atom. The van der Waals surface area contributed by atoms with Gasteiger partial charge in [0, 0.05) is 15.8 Å². The Balaban J connectivity index is 2.41. The van der Waals surface area contributed by atoms with E-state index in [-0.39, 0.29) is 11.6 Å². The molecule has 0 fully saturated rings. The number of benzene rings is 1. The first kappa shape index (κ1) is 14.2. The zero-order chi connectivity index (χ0) is 14.0. The molecule has 0 saturated heterocycles. The minimum Gasteiger partial charge on any atom is -0.312 e. The van der Waals surface area contributed by atoms with Gasteiger partial charge < -0.3 is 5.32 Å². The van der Waals surface area contributed by atoms with Crippen LogP contribution in [0.4, 0.5) is 8.78 Å². The molecule has 0 saturated carbocycles. The van der Waals surface area contributed by atoms with Crippen LogP contribution in [0.1, 0.15) is 24.8 Å². The molecule has 0 bridgehead atoms. The molecule has 1 heterocycles. The lowest BCUT2D eigenvalue weighted by Crippen LogP contribution is -2.20. The maximum absolute atomic E-state index is 13.7. The lowest BCUT2D eigenvalue weighted by molar-refractivity contribution is 0.449. The average molecular weight is 281 g/mol. The van der Waals surface area contributed by atoms with E-state index in [4.69, 9.17) is 0 Å². The number of thiophene rings is 1. The number of halogens is 2. The van der Waals surface area contributed by atoms with Crippen molar-refractivity contribution in [3.8, 4) is 10.4 Å². The quantitative estimate of drug-likeness (QED) is 0.863. The molecule has 102 valence electrons. The van der Waals surface area contributed by atoms with Crippen molar-refractivity contribution in [2.75, 3.05) is 7.05 Å². The number of rotatable bonds is 4. The SMILES string of the molecule is CNC(c1ccc(-c2c(F)cccc2F)s1)C(C)C. The molecule has 19 heavy (non-hydrogen) atoms. The third-order valence-electron chi connectivity index (χ3n) is 3.12. The van der Waals surface area contributed by atoms with Gasteiger partial charge in [0.1, 0.15) is 11.6 Å². The van der Waals surface area contributed by atoms with Crippen molar-refractivity contribution in [2.24, 2.45) is 5.92 Å². The van der Waals surface area contributed by atoms with E-state index in [1.54, 1.807) is 6.07 Å². The van der Waals surface area contributed by atoms with Gasteiger partial charge in [0.25, 0.3) is 0 Å². The van der Waals surface area contributed by atoms with Crippen LogP contribution in [0.2, 0.25) is 0 Å². The maximum Gasteiger partial charge on any atom is 0.134 e. The van der Waals surface area contributed by atoms with Crippen LogP contribution in [0.5, 0.6) is 0 Å². The normalized spacial score (nSPS) is 12.9. The van der Waals surface area contributed by atoms with Crippen molar-refractivity contribution in [3.05, 3.63) is 46.8 Å². The fourth-order valence-corrected chi connectivity index (χ4v) is 3.53. The van der Waals surface area contributed by atoms with E-state index in [1.165, 1.54) is 29.5 Å². The van der Waals surface area contributed by atoms with Gasteiger partial charge >= 0.3 is 0 Å².